The van der Waals surface area contributed by atoms with E-state index in [2.05, 4.69) is 60.1 Å². The molecule has 2 amide bonds. The minimum Gasteiger partial charge on any atom is -0.467 e. The van der Waals surface area contributed by atoms with Crippen molar-refractivity contribution in [2.24, 2.45) is 46.8 Å². The highest BCUT2D eigenvalue weighted by Gasteiger charge is 2.43. The number of aromatic nitrogens is 3. The van der Waals surface area contributed by atoms with E-state index in [1.807, 2.05) is 32.2 Å². The van der Waals surface area contributed by atoms with Crippen molar-refractivity contribution >= 4 is 40.5 Å². The molecule has 2 aliphatic heterocycles. The average Bonchev–Trinajstić information content (AvgIpc) is 4.25. The minimum absolute atomic E-state index is 0.0433. The molecule has 0 spiro atoms. The Morgan fingerprint density at radius 2 is 1.74 bits per heavy atom. The third-order valence-corrected chi connectivity index (χ3v) is 19.2. The molecule has 5 aliphatic rings. The van der Waals surface area contributed by atoms with E-state index in [0.717, 1.165) is 83.0 Å². The fourth-order valence-electron chi connectivity index (χ4n) is 13.3. The number of amides is 2. The number of fused-ring (bicyclic) bond motifs is 1. The number of benzene rings is 1. The van der Waals surface area contributed by atoms with Crippen molar-refractivity contribution in [3.8, 4) is 22.5 Å². The van der Waals surface area contributed by atoms with Gasteiger partial charge in [-0.3, -0.25) is 29.3 Å². The van der Waals surface area contributed by atoms with Gasteiger partial charge in [-0.05, 0) is 143 Å². The van der Waals surface area contributed by atoms with Gasteiger partial charge in [-0.25, -0.2) is 10.4 Å². The van der Waals surface area contributed by atoms with Crippen LogP contribution >= 0.6 is 11.3 Å². The molecule has 17 heteroatoms. The van der Waals surface area contributed by atoms with Crippen LogP contribution in [0.25, 0.3) is 33.4 Å². The number of rotatable bonds is 26. The van der Waals surface area contributed by atoms with Gasteiger partial charge in [-0.1, -0.05) is 86.3 Å². The van der Waals surface area contributed by atoms with Gasteiger partial charge in [0.05, 0.1) is 40.8 Å². The van der Waals surface area contributed by atoms with E-state index in [1.54, 1.807) is 35.5 Å². The van der Waals surface area contributed by atoms with E-state index in [4.69, 9.17) is 21.0 Å². The highest BCUT2D eigenvalue weighted by atomic mass is 32.1. The molecule has 0 radical (unpaired) electrons. The number of methoxy groups -OCH3 is 1. The fourth-order valence-corrected chi connectivity index (χ4v) is 14.1. The maximum absolute atomic E-state index is 15.1. The largest absolute Gasteiger partial charge is 0.467 e. The Hall–Kier alpha value is -4.84. The van der Waals surface area contributed by atoms with Crippen LogP contribution in [0.2, 0.25) is 0 Å². The number of carbonyl (C=O) groups excluding carboxylic acids is 3. The second-order valence-corrected chi connectivity index (χ2v) is 26.2. The lowest BCUT2D eigenvalue weighted by Gasteiger charge is -2.38. The van der Waals surface area contributed by atoms with Crippen molar-refractivity contribution in [2.45, 2.75) is 176 Å². The molecule has 7 unspecified atom stereocenters. The molecule has 2 N–H and O–H groups in total. The Balaban J connectivity index is 0.00000206. The lowest BCUT2D eigenvalue weighted by molar-refractivity contribution is -0.141. The molecule has 3 aromatic heterocycles. The van der Waals surface area contributed by atoms with Gasteiger partial charge >= 0.3 is 6.18 Å². The first kappa shape index (κ1) is 62.2. The number of allylic oxidation sites excluding steroid dienone is 1. The number of likely N-dealkylation sites (tertiary alicyclic amines) is 1. The van der Waals surface area contributed by atoms with E-state index in [-0.39, 0.29) is 43.2 Å². The Morgan fingerprint density at radius 1 is 1.00 bits per heavy atom. The summed E-state index contributed by atoms with van der Waals surface area (Å²) in [7, 11) is 1.54. The first-order chi connectivity index (χ1) is 38.7. The van der Waals surface area contributed by atoms with Crippen molar-refractivity contribution in [1.82, 2.24) is 40.1 Å². The van der Waals surface area contributed by atoms with Crippen molar-refractivity contribution in [2.75, 3.05) is 53.0 Å². The zero-order valence-electron chi connectivity index (χ0n) is 49.9. The van der Waals surface area contributed by atoms with Crippen LogP contribution < -0.4 is 10.7 Å². The van der Waals surface area contributed by atoms with E-state index in [1.165, 1.54) is 60.8 Å². The van der Waals surface area contributed by atoms with E-state index < -0.39 is 30.3 Å². The number of nitrogens with zero attached hydrogens (tertiary/aromatic N) is 6. The Morgan fingerprint density at radius 3 is 2.37 bits per heavy atom. The zero-order valence-corrected chi connectivity index (χ0v) is 50.7. The molecule has 3 aliphatic carbocycles. The lowest BCUT2D eigenvalue weighted by Crippen LogP contribution is -2.59. The number of alkyl halides is 3. The smallest absolute Gasteiger partial charge is 0.406 e. The standard InChI is InChI=1S/C60H85F3N8O5S.C4H8/c1-10-38(3)53(43-20-21-43)39(4)40(5)68(11-2)32-42-24-28-69(33-42)55(44-17-12-13-18-44)57(73)67-49(58(74)71-27-15-14-26-65-71)30-52-66-50(34-77-52)45-22-23-51-47(29-45)48(31-59(7,8)36-76-37-72)56(70(51)35-60(61,62)63)46-19-16-25-64-54(46)41(6)75-9;1-4-2-3-4/h16,19,22-23,25,29,34,37-39,41-44,49,53,55,65H,5,10-15,17-18,20-21,24,26-28,30-33,35-36H2,1-4,6-9H3,(H,67,73);4H,2-3H2,1H3. The molecule has 5 heterocycles. The van der Waals surface area contributed by atoms with Crippen LogP contribution in [-0.4, -0.2) is 119 Å². The number of hydrogen-bond donors (Lipinski definition) is 2. The number of hydrazine groups is 1. The molecule has 9 rings (SSSR count). The van der Waals surface area contributed by atoms with Crippen LogP contribution in [0, 0.1) is 46.8 Å². The molecule has 13 nitrogen and oxygen atoms in total. The summed E-state index contributed by atoms with van der Waals surface area (Å²) in [4.78, 5) is 55.7. The quantitative estimate of drug-likeness (QED) is 0.0585. The van der Waals surface area contributed by atoms with E-state index in [0.29, 0.717) is 92.9 Å². The molecule has 7 atom stereocenters. The van der Waals surface area contributed by atoms with Gasteiger partial charge in [0.25, 0.3) is 12.4 Å². The van der Waals surface area contributed by atoms with Crippen LogP contribution in [0.3, 0.4) is 0 Å². The number of hydrogen-bond acceptors (Lipinski definition) is 11. The molecule has 1 aromatic carbocycles. The second-order valence-electron chi connectivity index (χ2n) is 25.3. The molecule has 0 bridgehead atoms. The van der Waals surface area contributed by atoms with Gasteiger partial charge < -0.3 is 24.3 Å². The number of halogens is 3. The van der Waals surface area contributed by atoms with Gasteiger partial charge in [0.2, 0.25) is 5.91 Å². The first-order valence-electron chi connectivity index (χ1n) is 30.5. The summed E-state index contributed by atoms with van der Waals surface area (Å²) in [6.45, 7) is 25.8. The predicted octanol–water partition coefficient (Wildman–Crippen LogP) is 12.8. The summed E-state index contributed by atoms with van der Waals surface area (Å²) in [6, 6.07) is 7.63. The van der Waals surface area contributed by atoms with Gasteiger partial charge in [0, 0.05) is 91.0 Å². The average molecular weight is 1140 g/mol. The van der Waals surface area contributed by atoms with Crippen molar-refractivity contribution in [3.05, 3.63) is 70.4 Å². The Kier molecular flexibility index (Phi) is 21.3. The summed E-state index contributed by atoms with van der Waals surface area (Å²) in [5.41, 5.74) is 7.53. The Bertz CT molecular complexity index is 2740. The van der Waals surface area contributed by atoms with Crippen LogP contribution in [0.4, 0.5) is 13.2 Å². The van der Waals surface area contributed by atoms with Crippen molar-refractivity contribution in [1.29, 1.82) is 0 Å². The second kappa shape index (κ2) is 27.7. The third-order valence-electron chi connectivity index (χ3n) is 18.3. The molecule has 5 fully saturated rings. The molecule has 81 heavy (non-hydrogen) atoms. The first-order valence-corrected chi connectivity index (χ1v) is 31.3. The highest BCUT2D eigenvalue weighted by Crippen LogP contribution is 2.48. The topological polar surface area (TPSA) is 134 Å². The number of pyridine rings is 1. The van der Waals surface area contributed by atoms with Gasteiger partial charge in [-0.15, -0.1) is 11.3 Å². The molecule has 4 aromatic rings. The summed E-state index contributed by atoms with van der Waals surface area (Å²) in [5.74, 6) is 3.90. The number of ether oxygens (including phenoxy) is 2. The molecule has 2 saturated heterocycles. The monoisotopic (exact) mass is 1140 g/mol. The number of thiazole rings is 1. The van der Waals surface area contributed by atoms with E-state index >= 15 is 4.79 Å². The zero-order chi connectivity index (χ0) is 58.2. The normalized spacial score (nSPS) is 20.5. The lowest BCUT2D eigenvalue weighted by atomic mass is 9.77. The fraction of sp³-hybridized carbons (Fsp3) is 0.672. The molecular weight excluding hydrogens is 1050 g/mol. The summed E-state index contributed by atoms with van der Waals surface area (Å²) >= 11 is 1.39. The predicted molar refractivity (Wildman–Crippen MR) is 317 cm³/mol. The maximum atomic E-state index is 15.1. The SMILES string of the molecule is C=C(C(C)C(C(C)CC)C1CC1)N(CC)CC1CCN(C(C(=O)NC(Cc2nc(-c3ccc4c(c3)c(CC(C)(C)COC=O)c(-c3cccnc3C(C)OC)n4CC(F)(F)F)cs2)C(=O)N2CCCCN2)C2CCCC2)C1.CC1CC1. The summed E-state index contributed by atoms with van der Waals surface area (Å²) < 4.78 is 56.3. The van der Waals surface area contributed by atoms with Crippen molar-refractivity contribution < 1.29 is 37.0 Å². The molecular formula is C64H93F3N8O5S. The maximum Gasteiger partial charge on any atom is 0.406 e. The Labute approximate surface area is 484 Å². The van der Waals surface area contributed by atoms with E-state index in [9.17, 15) is 22.8 Å². The van der Waals surface area contributed by atoms with Crippen LogP contribution in [0.15, 0.2) is 54.2 Å². The van der Waals surface area contributed by atoms with Gasteiger partial charge in [0.1, 0.15) is 12.6 Å². The third kappa shape index (κ3) is 15.9. The van der Waals surface area contributed by atoms with Gasteiger partial charge in [-0.2, -0.15) is 13.2 Å². The molecule has 3 saturated carbocycles. The van der Waals surface area contributed by atoms with Crippen molar-refractivity contribution in [3.63, 3.8) is 0 Å². The summed E-state index contributed by atoms with van der Waals surface area (Å²) in [5, 5.41) is 8.14. The van der Waals surface area contributed by atoms with Crippen LogP contribution in [0.5, 0.6) is 0 Å². The highest BCUT2D eigenvalue weighted by molar-refractivity contribution is 7.10. The summed E-state index contributed by atoms with van der Waals surface area (Å²) in [6.07, 6.45) is 10.7. The molecule has 446 valence electrons. The number of nitrogens with one attached hydrogen (secondary N) is 2. The van der Waals surface area contributed by atoms with Gasteiger partial charge in [0.15, 0.2) is 0 Å². The van der Waals surface area contributed by atoms with Crippen LogP contribution in [0.1, 0.15) is 155 Å². The number of carbonyl (C=O) groups is 3. The minimum atomic E-state index is -4.57. The van der Waals surface area contributed by atoms with Crippen LogP contribution in [-0.2, 0) is 43.2 Å².